The van der Waals surface area contributed by atoms with Crippen LogP contribution < -0.4 is 5.62 Å². The Hall–Kier alpha value is -1.85. The minimum absolute atomic E-state index is 0.375. The van der Waals surface area contributed by atoms with E-state index >= 15 is 0 Å². The van der Waals surface area contributed by atoms with Gasteiger partial charge in [0.2, 0.25) is 5.62 Å². The van der Waals surface area contributed by atoms with Crippen LogP contribution in [0.4, 0.5) is 0 Å². The first-order valence-electron chi connectivity index (χ1n) is 8.28. The monoisotopic (exact) mass is 387 g/mol. The number of para-hydroxylation sites is 2. The van der Waals surface area contributed by atoms with Crippen molar-refractivity contribution in [2.45, 2.75) is 39.0 Å². The van der Waals surface area contributed by atoms with E-state index in [-0.39, 0.29) is 0 Å². The molecule has 0 aliphatic carbocycles. The average molecular weight is 388 g/mol. The third-order valence-corrected chi connectivity index (χ3v) is 4.85. The Morgan fingerprint density at radius 1 is 1.04 bits per heavy atom. The molecular formula is C19H22BrN3O. The lowest BCUT2D eigenvalue weighted by atomic mass is 10.1. The topological polar surface area (TPSA) is 53.9 Å². The third kappa shape index (κ3) is 3.32. The van der Waals surface area contributed by atoms with Gasteiger partial charge in [-0.05, 0) is 36.2 Å². The Bertz CT molecular complexity index is 880. The molecule has 0 amide bonds. The first-order valence-corrected chi connectivity index (χ1v) is 9.07. The highest BCUT2D eigenvalue weighted by Gasteiger charge is 2.14. The molecule has 1 heterocycles. The Kier molecular flexibility index (Phi) is 5.21. The summed E-state index contributed by atoms with van der Waals surface area (Å²) in [7, 11) is 0. The zero-order chi connectivity index (χ0) is 17.1. The highest BCUT2D eigenvalue weighted by Crippen LogP contribution is 2.20. The number of aromatic nitrogens is 2. The summed E-state index contributed by atoms with van der Waals surface area (Å²) in [6.45, 7) is 3.36. The number of aliphatic hydroxyl groups is 1. The lowest BCUT2D eigenvalue weighted by molar-refractivity contribution is 0.155. The maximum absolute atomic E-state index is 10.6. The highest BCUT2D eigenvalue weighted by molar-refractivity contribution is 9.10. The number of rotatable bonds is 6. The molecule has 4 nitrogen and oxygen atoms in total. The number of nitrogens with zero attached hydrogens (tertiary/aromatic N) is 2. The molecule has 3 rings (SSSR count). The molecule has 0 radical (unpaired) electrons. The number of hydrogen-bond donors (Lipinski definition) is 2. The fourth-order valence-corrected chi connectivity index (χ4v) is 3.25. The third-order valence-electron chi connectivity index (χ3n) is 4.32. The summed E-state index contributed by atoms with van der Waals surface area (Å²) in [6, 6.07) is 15.7. The van der Waals surface area contributed by atoms with Crippen molar-refractivity contribution in [2.75, 3.05) is 0 Å². The summed E-state index contributed by atoms with van der Waals surface area (Å²) in [5.74, 6) is 0. The Morgan fingerprint density at radius 2 is 1.67 bits per heavy atom. The van der Waals surface area contributed by atoms with Crippen molar-refractivity contribution >= 4 is 27.0 Å². The van der Waals surface area contributed by atoms with E-state index in [9.17, 15) is 5.11 Å². The molecule has 0 bridgehead atoms. The number of halogens is 1. The van der Waals surface area contributed by atoms with Gasteiger partial charge >= 0.3 is 0 Å². The molecule has 0 aliphatic rings. The van der Waals surface area contributed by atoms with Crippen LogP contribution in [0.15, 0.2) is 53.0 Å². The van der Waals surface area contributed by atoms with E-state index in [1.165, 1.54) is 0 Å². The van der Waals surface area contributed by atoms with Crippen LogP contribution in [-0.2, 0) is 13.1 Å². The van der Waals surface area contributed by atoms with Crippen molar-refractivity contribution in [3.63, 3.8) is 0 Å². The molecule has 0 saturated carbocycles. The molecule has 0 spiro atoms. The predicted octanol–water partition coefficient (Wildman–Crippen LogP) is 4.22. The number of aliphatic hydroxyl groups excluding tert-OH is 1. The number of fused-ring (bicyclic) bond motifs is 1. The van der Waals surface area contributed by atoms with Crippen molar-refractivity contribution in [3.8, 4) is 0 Å². The van der Waals surface area contributed by atoms with Crippen LogP contribution in [0.2, 0.25) is 0 Å². The van der Waals surface area contributed by atoms with E-state index in [0.717, 1.165) is 40.5 Å². The van der Waals surface area contributed by atoms with E-state index in [1.807, 2.05) is 57.7 Å². The number of unbranched alkanes of at least 4 members (excludes halogenated alkanes) is 1. The van der Waals surface area contributed by atoms with E-state index in [4.69, 9.17) is 5.41 Å². The second kappa shape index (κ2) is 7.36. The molecule has 1 atom stereocenters. The molecule has 0 fully saturated rings. The fraction of sp³-hybridized carbons (Fsp3) is 0.316. The van der Waals surface area contributed by atoms with Crippen molar-refractivity contribution in [2.24, 2.45) is 0 Å². The number of benzene rings is 2. The van der Waals surface area contributed by atoms with Gasteiger partial charge in [-0.15, -0.1) is 0 Å². The van der Waals surface area contributed by atoms with Gasteiger partial charge in [0, 0.05) is 11.0 Å². The van der Waals surface area contributed by atoms with E-state index in [0.29, 0.717) is 12.2 Å². The summed E-state index contributed by atoms with van der Waals surface area (Å²) in [6.07, 6.45) is 1.49. The van der Waals surface area contributed by atoms with Crippen LogP contribution in [0.1, 0.15) is 31.4 Å². The molecule has 1 aromatic heterocycles. The van der Waals surface area contributed by atoms with Crippen LogP contribution in [0.5, 0.6) is 0 Å². The Morgan fingerprint density at radius 3 is 2.29 bits per heavy atom. The Labute approximate surface area is 150 Å². The van der Waals surface area contributed by atoms with Crippen molar-refractivity contribution in [1.29, 1.82) is 5.41 Å². The van der Waals surface area contributed by atoms with Gasteiger partial charge in [0.1, 0.15) is 0 Å². The van der Waals surface area contributed by atoms with Gasteiger partial charge in [0.15, 0.2) is 0 Å². The lowest BCUT2D eigenvalue weighted by Gasteiger charge is -2.13. The SMILES string of the molecule is CCCCn1c(=N)n(CC(O)c2ccc(Br)cc2)c2ccccc21. The van der Waals surface area contributed by atoms with Crippen LogP contribution in [0, 0.1) is 5.41 Å². The normalized spacial score (nSPS) is 12.6. The first kappa shape index (κ1) is 17.0. The molecule has 2 N–H and O–H groups in total. The molecule has 0 aliphatic heterocycles. The van der Waals surface area contributed by atoms with Crippen molar-refractivity contribution in [1.82, 2.24) is 9.13 Å². The summed E-state index contributed by atoms with van der Waals surface area (Å²) in [5.41, 5.74) is 3.35. The molecule has 2 aromatic carbocycles. The van der Waals surface area contributed by atoms with Gasteiger partial charge in [0.25, 0.3) is 0 Å². The maximum Gasteiger partial charge on any atom is 0.203 e. The Balaban J connectivity index is 1.98. The van der Waals surface area contributed by atoms with E-state index in [2.05, 4.69) is 22.9 Å². The average Bonchev–Trinajstić information content (AvgIpc) is 2.85. The predicted molar refractivity (Wildman–Crippen MR) is 99.8 cm³/mol. The standard InChI is InChI=1S/C19H22BrN3O/c1-2-3-12-22-16-6-4-5-7-17(16)23(19(22)21)13-18(24)14-8-10-15(20)11-9-14/h4-11,18,21,24H,2-3,12-13H2,1H3. The molecule has 24 heavy (non-hydrogen) atoms. The lowest BCUT2D eigenvalue weighted by Crippen LogP contribution is -2.26. The van der Waals surface area contributed by atoms with E-state index in [1.54, 1.807) is 0 Å². The highest BCUT2D eigenvalue weighted by atomic mass is 79.9. The number of hydrogen-bond acceptors (Lipinski definition) is 2. The summed E-state index contributed by atoms with van der Waals surface area (Å²) < 4.78 is 4.92. The first-order chi connectivity index (χ1) is 11.6. The quantitative estimate of drug-likeness (QED) is 0.653. The minimum Gasteiger partial charge on any atom is -0.387 e. The summed E-state index contributed by atoms with van der Waals surface area (Å²) >= 11 is 3.41. The zero-order valence-electron chi connectivity index (χ0n) is 13.7. The van der Waals surface area contributed by atoms with Gasteiger partial charge in [0.05, 0.1) is 23.7 Å². The van der Waals surface area contributed by atoms with Crippen LogP contribution >= 0.6 is 15.9 Å². The molecule has 5 heteroatoms. The number of nitrogens with one attached hydrogen (secondary N) is 1. The zero-order valence-corrected chi connectivity index (χ0v) is 15.3. The molecule has 1 unspecified atom stereocenters. The largest absolute Gasteiger partial charge is 0.387 e. The summed E-state index contributed by atoms with van der Waals surface area (Å²) in [4.78, 5) is 0. The summed E-state index contributed by atoms with van der Waals surface area (Å²) in [5, 5.41) is 19.2. The molecule has 3 aromatic rings. The van der Waals surface area contributed by atoms with Crippen LogP contribution in [0.3, 0.4) is 0 Å². The molecule has 0 saturated heterocycles. The van der Waals surface area contributed by atoms with Crippen LogP contribution in [-0.4, -0.2) is 14.2 Å². The van der Waals surface area contributed by atoms with Crippen molar-refractivity contribution in [3.05, 3.63) is 64.2 Å². The van der Waals surface area contributed by atoms with Gasteiger partial charge in [-0.25, -0.2) is 0 Å². The van der Waals surface area contributed by atoms with E-state index < -0.39 is 6.10 Å². The van der Waals surface area contributed by atoms with Gasteiger partial charge < -0.3 is 14.2 Å². The smallest absolute Gasteiger partial charge is 0.203 e. The van der Waals surface area contributed by atoms with Crippen molar-refractivity contribution < 1.29 is 5.11 Å². The molecular weight excluding hydrogens is 366 g/mol. The maximum atomic E-state index is 10.6. The van der Waals surface area contributed by atoms with Gasteiger partial charge in [-0.3, -0.25) is 5.41 Å². The second-order valence-electron chi connectivity index (χ2n) is 6.00. The fourth-order valence-electron chi connectivity index (χ4n) is 2.99. The number of aryl methyl sites for hydroxylation is 1. The van der Waals surface area contributed by atoms with Gasteiger partial charge in [-0.1, -0.05) is 53.5 Å². The molecule has 126 valence electrons. The second-order valence-corrected chi connectivity index (χ2v) is 6.91. The number of imidazole rings is 1. The minimum atomic E-state index is -0.641. The van der Waals surface area contributed by atoms with Crippen LogP contribution in [0.25, 0.3) is 11.0 Å². The van der Waals surface area contributed by atoms with Gasteiger partial charge in [-0.2, -0.15) is 0 Å².